The summed E-state index contributed by atoms with van der Waals surface area (Å²) in [4.78, 5) is 0. The lowest BCUT2D eigenvalue weighted by Crippen LogP contribution is -2.03. The van der Waals surface area contributed by atoms with Gasteiger partial charge in [0.05, 0.1) is 12.0 Å². The maximum atomic E-state index is 14.2. The average molecular weight is 358 g/mol. The van der Waals surface area contributed by atoms with Crippen molar-refractivity contribution in [3.63, 3.8) is 0 Å². The third-order valence-corrected chi connectivity index (χ3v) is 4.00. The lowest BCUT2D eigenvalue weighted by Gasteiger charge is -2.17. The van der Waals surface area contributed by atoms with Crippen LogP contribution in [0.1, 0.15) is 29.0 Å². The minimum absolute atomic E-state index is 0.269. The molecule has 1 nitrogen and oxygen atoms in total. The molecular formula is C16H15BrClFO. The molecule has 4 heteroatoms. The zero-order valence-electron chi connectivity index (χ0n) is 11.3. The Morgan fingerprint density at radius 1 is 1.25 bits per heavy atom. The molecule has 106 valence electrons. The molecule has 0 heterocycles. The van der Waals surface area contributed by atoms with Gasteiger partial charge in [-0.05, 0) is 37.6 Å². The van der Waals surface area contributed by atoms with Gasteiger partial charge in [0.15, 0.2) is 0 Å². The minimum Gasteiger partial charge on any atom is -0.494 e. The second-order valence-electron chi connectivity index (χ2n) is 4.46. The van der Waals surface area contributed by atoms with Gasteiger partial charge in [-0.25, -0.2) is 4.39 Å². The molecule has 0 aliphatic rings. The summed E-state index contributed by atoms with van der Waals surface area (Å²) < 4.78 is 20.7. The first-order valence-corrected chi connectivity index (χ1v) is 7.58. The summed E-state index contributed by atoms with van der Waals surface area (Å²) in [5.41, 5.74) is 1.80. The second-order valence-corrected chi connectivity index (χ2v) is 5.81. The monoisotopic (exact) mass is 356 g/mol. The normalized spacial score (nSPS) is 12.2. The summed E-state index contributed by atoms with van der Waals surface area (Å²) in [6, 6.07) is 10.8. The van der Waals surface area contributed by atoms with E-state index >= 15 is 0 Å². The Balaban J connectivity index is 2.49. The number of benzene rings is 2. The Labute approximate surface area is 131 Å². The molecule has 0 aliphatic heterocycles. The fourth-order valence-electron chi connectivity index (χ4n) is 2.04. The summed E-state index contributed by atoms with van der Waals surface area (Å²) in [7, 11) is 0. The zero-order valence-corrected chi connectivity index (χ0v) is 13.6. The fraction of sp³-hybridized carbons (Fsp3) is 0.250. The highest BCUT2D eigenvalue weighted by atomic mass is 79.9. The van der Waals surface area contributed by atoms with Crippen molar-refractivity contribution >= 4 is 27.5 Å². The number of rotatable bonds is 4. The first-order valence-electron chi connectivity index (χ1n) is 6.36. The van der Waals surface area contributed by atoms with E-state index in [1.165, 1.54) is 0 Å². The summed E-state index contributed by atoms with van der Waals surface area (Å²) >= 11 is 9.89. The summed E-state index contributed by atoms with van der Waals surface area (Å²) in [5, 5.41) is -0.589. The highest BCUT2D eigenvalue weighted by Crippen LogP contribution is 2.38. The maximum Gasteiger partial charge on any atom is 0.131 e. The lowest BCUT2D eigenvalue weighted by molar-refractivity contribution is 0.336. The summed E-state index contributed by atoms with van der Waals surface area (Å²) in [5.74, 6) is 0.409. The van der Waals surface area contributed by atoms with Crippen LogP contribution in [0.25, 0.3) is 0 Å². The molecule has 0 amide bonds. The predicted molar refractivity (Wildman–Crippen MR) is 84.1 cm³/mol. The Hall–Kier alpha value is -1.06. The highest BCUT2D eigenvalue weighted by molar-refractivity contribution is 9.10. The van der Waals surface area contributed by atoms with Gasteiger partial charge in [0, 0.05) is 15.6 Å². The lowest BCUT2D eigenvalue weighted by atomic mass is 10.0. The molecule has 0 spiro atoms. The highest BCUT2D eigenvalue weighted by Gasteiger charge is 2.20. The van der Waals surface area contributed by atoms with Crippen LogP contribution in [0.3, 0.4) is 0 Å². The van der Waals surface area contributed by atoms with Gasteiger partial charge in [-0.3, -0.25) is 0 Å². The van der Waals surface area contributed by atoms with Gasteiger partial charge in [-0.15, -0.1) is 11.6 Å². The molecule has 2 aromatic carbocycles. The van der Waals surface area contributed by atoms with Crippen LogP contribution in [0.5, 0.6) is 5.75 Å². The molecule has 1 atom stereocenters. The van der Waals surface area contributed by atoms with Crippen molar-refractivity contribution in [1.29, 1.82) is 0 Å². The molecule has 20 heavy (non-hydrogen) atoms. The first-order chi connectivity index (χ1) is 9.54. The van der Waals surface area contributed by atoms with Crippen molar-refractivity contribution in [3.8, 4) is 5.75 Å². The van der Waals surface area contributed by atoms with E-state index in [-0.39, 0.29) is 5.82 Å². The molecule has 2 rings (SSSR count). The topological polar surface area (TPSA) is 9.23 Å². The molecule has 2 aromatic rings. The van der Waals surface area contributed by atoms with Crippen LogP contribution in [0.2, 0.25) is 0 Å². The van der Waals surface area contributed by atoms with Gasteiger partial charge in [-0.2, -0.15) is 0 Å². The van der Waals surface area contributed by atoms with Gasteiger partial charge in [0.1, 0.15) is 11.6 Å². The smallest absolute Gasteiger partial charge is 0.131 e. The van der Waals surface area contributed by atoms with Crippen LogP contribution in [0.4, 0.5) is 4.39 Å². The third kappa shape index (κ3) is 3.15. The van der Waals surface area contributed by atoms with Crippen LogP contribution in [-0.4, -0.2) is 6.61 Å². The van der Waals surface area contributed by atoms with Crippen molar-refractivity contribution in [2.75, 3.05) is 6.61 Å². The molecule has 0 N–H and O–H groups in total. The van der Waals surface area contributed by atoms with Crippen LogP contribution < -0.4 is 4.74 Å². The Kier molecular flexibility index (Phi) is 5.06. The molecular weight excluding hydrogens is 343 g/mol. The zero-order chi connectivity index (χ0) is 14.7. The van der Waals surface area contributed by atoms with E-state index in [1.807, 2.05) is 31.2 Å². The molecule has 1 unspecified atom stereocenters. The molecule has 0 radical (unpaired) electrons. The number of hydrogen-bond donors (Lipinski definition) is 0. The molecule has 0 saturated heterocycles. The largest absolute Gasteiger partial charge is 0.494 e. The van der Waals surface area contributed by atoms with E-state index in [4.69, 9.17) is 16.3 Å². The Morgan fingerprint density at radius 3 is 2.70 bits per heavy atom. The first kappa shape index (κ1) is 15.3. The van der Waals surface area contributed by atoms with Gasteiger partial charge in [0.2, 0.25) is 0 Å². The van der Waals surface area contributed by atoms with Gasteiger partial charge < -0.3 is 4.74 Å². The van der Waals surface area contributed by atoms with Gasteiger partial charge in [0.25, 0.3) is 0 Å². The van der Waals surface area contributed by atoms with E-state index < -0.39 is 5.38 Å². The number of halogens is 3. The quantitative estimate of drug-likeness (QED) is 0.645. The number of alkyl halides is 1. The van der Waals surface area contributed by atoms with Gasteiger partial charge >= 0.3 is 0 Å². The van der Waals surface area contributed by atoms with Crippen molar-refractivity contribution in [3.05, 3.63) is 63.4 Å². The van der Waals surface area contributed by atoms with Gasteiger partial charge in [-0.1, -0.05) is 34.1 Å². The predicted octanol–water partition coefficient (Wildman–Crippen LogP) is 5.62. The maximum absolute atomic E-state index is 14.2. The Bertz CT molecular complexity index is 615. The molecule has 0 saturated carbocycles. The van der Waals surface area contributed by atoms with Crippen molar-refractivity contribution in [2.45, 2.75) is 19.2 Å². The average Bonchev–Trinajstić information content (AvgIpc) is 2.43. The van der Waals surface area contributed by atoms with Crippen molar-refractivity contribution in [1.82, 2.24) is 0 Å². The molecule has 0 fully saturated rings. The van der Waals surface area contributed by atoms with Crippen LogP contribution in [0, 0.1) is 12.7 Å². The molecule has 0 aromatic heterocycles. The fourth-order valence-corrected chi connectivity index (χ4v) is 2.76. The number of hydrogen-bond acceptors (Lipinski definition) is 1. The van der Waals surface area contributed by atoms with E-state index in [9.17, 15) is 4.39 Å². The van der Waals surface area contributed by atoms with E-state index in [2.05, 4.69) is 15.9 Å². The van der Waals surface area contributed by atoms with Crippen molar-refractivity contribution in [2.24, 2.45) is 0 Å². The minimum atomic E-state index is -0.589. The number of aryl methyl sites for hydroxylation is 1. The Morgan fingerprint density at radius 2 is 2.00 bits per heavy atom. The van der Waals surface area contributed by atoms with Crippen molar-refractivity contribution < 1.29 is 9.13 Å². The SMILES string of the molecule is CCOc1ccc(Br)cc1C(Cl)c1cccc(C)c1F. The van der Waals surface area contributed by atoms with Crippen LogP contribution in [0.15, 0.2) is 40.9 Å². The molecule has 0 aliphatic carbocycles. The summed E-state index contributed by atoms with van der Waals surface area (Å²) in [6.07, 6.45) is 0. The van der Waals surface area contributed by atoms with Crippen LogP contribution in [-0.2, 0) is 0 Å². The van der Waals surface area contributed by atoms with E-state index in [0.29, 0.717) is 23.5 Å². The van der Waals surface area contributed by atoms with E-state index in [0.717, 1.165) is 10.0 Å². The van der Waals surface area contributed by atoms with Crippen LogP contribution >= 0.6 is 27.5 Å². The number of ether oxygens (including phenoxy) is 1. The summed E-state index contributed by atoms with van der Waals surface area (Å²) in [6.45, 7) is 4.17. The second kappa shape index (κ2) is 6.59. The van der Waals surface area contributed by atoms with E-state index in [1.54, 1.807) is 19.1 Å². The molecule has 0 bridgehead atoms. The standard InChI is InChI=1S/C16H15BrClFO/c1-3-20-14-8-7-11(17)9-13(14)15(18)12-6-4-5-10(2)16(12)19/h4-9,15H,3H2,1-2H3. The third-order valence-electron chi connectivity index (χ3n) is 3.04.